The second-order valence-corrected chi connectivity index (χ2v) is 5.31. The number of nitrogens with two attached hydrogens (primary N) is 2. The SMILES string of the molecule is C=C/C(F)=C\C=C(/CCO)N/C(=C\C(N)Cl)C(O)C(C=NCC)=CN. The van der Waals surface area contributed by atoms with Crippen LogP contribution in [0, 0.1) is 0 Å². The summed E-state index contributed by atoms with van der Waals surface area (Å²) in [6.07, 6.45) is 6.68. The van der Waals surface area contributed by atoms with Crippen molar-refractivity contribution in [2.45, 2.75) is 24.9 Å². The molecule has 6 nitrogen and oxygen atoms in total. The van der Waals surface area contributed by atoms with E-state index in [9.17, 15) is 9.50 Å². The zero-order chi connectivity index (χ0) is 19.2. The number of aliphatic hydroxyl groups is 2. The molecular weight excluding hydrogens is 347 g/mol. The van der Waals surface area contributed by atoms with Gasteiger partial charge in [-0.05, 0) is 31.2 Å². The first-order valence-corrected chi connectivity index (χ1v) is 8.10. The number of halogens is 2. The number of allylic oxidation sites excluding steroid dienone is 4. The van der Waals surface area contributed by atoms with Gasteiger partial charge in [0.25, 0.3) is 0 Å². The Bertz CT molecular complexity index is 569. The van der Waals surface area contributed by atoms with Crippen LogP contribution in [0.25, 0.3) is 0 Å². The number of aliphatic hydroxyl groups excluding tert-OH is 2. The molecule has 0 aromatic heterocycles. The smallest absolute Gasteiger partial charge is 0.122 e. The second kappa shape index (κ2) is 13.4. The van der Waals surface area contributed by atoms with E-state index in [0.717, 1.165) is 6.08 Å². The van der Waals surface area contributed by atoms with Crippen molar-refractivity contribution in [2.24, 2.45) is 16.5 Å². The lowest BCUT2D eigenvalue weighted by molar-refractivity contribution is 0.243. The molecule has 0 aromatic carbocycles. The number of hydrogen-bond donors (Lipinski definition) is 5. The topological polar surface area (TPSA) is 117 Å². The molecule has 0 aliphatic heterocycles. The highest BCUT2D eigenvalue weighted by Gasteiger charge is 2.17. The molecule has 25 heavy (non-hydrogen) atoms. The Morgan fingerprint density at radius 2 is 2.12 bits per heavy atom. The molecule has 0 heterocycles. The summed E-state index contributed by atoms with van der Waals surface area (Å²) >= 11 is 5.79. The standard InChI is InChI=1S/C17H26ClFN4O2/c1-3-13(19)5-6-14(7-8-24)23-15(9-16(18)21)17(25)12(10-20)11-22-4-2/h3,5-6,9-11,16-17,23-25H,1,4,7-8,20-21H2,2H3/b12-10?,13-5+,14-6+,15-9-,22-11?. The van der Waals surface area contributed by atoms with Crippen molar-refractivity contribution in [3.63, 3.8) is 0 Å². The molecule has 0 spiro atoms. The summed E-state index contributed by atoms with van der Waals surface area (Å²) < 4.78 is 13.2. The summed E-state index contributed by atoms with van der Waals surface area (Å²) in [5.41, 5.74) is 11.2. The Morgan fingerprint density at radius 3 is 2.60 bits per heavy atom. The maximum atomic E-state index is 13.2. The molecule has 0 saturated heterocycles. The highest BCUT2D eigenvalue weighted by Crippen LogP contribution is 2.13. The van der Waals surface area contributed by atoms with E-state index in [1.54, 1.807) is 0 Å². The summed E-state index contributed by atoms with van der Waals surface area (Å²) in [5, 5.41) is 22.6. The second-order valence-electron chi connectivity index (χ2n) is 4.81. The normalized spacial score (nSPS) is 16.9. The third kappa shape index (κ3) is 9.83. The Hall–Kier alpha value is -1.93. The van der Waals surface area contributed by atoms with Crippen molar-refractivity contribution in [3.05, 3.63) is 59.9 Å². The van der Waals surface area contributed by atoms with E-state index in [-0.39, 0.29) is 18.7 Å². The summed E-state index contributed by atoms with van der Waals surface area (Å²) in [6, 6.07) is 0. The Labute approximate surface area is 152 Å². The average Bonchev–Trinajstić information content (AvgIpc) is 2.58. The van der Waals surface area contributed by atoms with Crippen LogP contribution in [-0.2, 0) is 0 Å². The maximum Gasteiger partial charge on any atom is 0.122 e. The Kier molecular flexibility index (Phi) is 12.3. The molecule has 0 amide bonds. The molecule has 0 saturated carbocycles. The summed E-state index contributed by atoms with van der Waals surface area (Å²) in [5.74, 6) is -0.546. The average molecular weight is 373 g/mol. The van der Waals surface area contributed by atoms with Crippen LogP contribution in [-0.4, -0.2) is 41.2 Å². The van der Waals surface area contributed by atoms with Crippen molar-refractivity contribution >= 4 is 17.8 Å². The van der Waals surface area contributed by atoms with Crippen LogP contribution < -0.4 is 16.8 Å². The lowest BCUT2D eigenvalue weighted by atomic mass is 10.1. The van der Waals surface area contributed by atoms with E-state index in [1.165, 1.54) is 30.6 Å². The van der Waals surface area contributed by atoms with Gasteiger partial charge in [0.1, 0.15) is 17.4 Å². The minimum atomic E-state index is -1.18. The van der Waals surface area contributed by atoms with Crippen LogP contribution in [0.4, 0.5) is 4.39 Å². The quantitative estimate of drug-likeness (QED) is 0.163. The van der Waals surface area contributed by atoms with Gasteiger partial charge in [-0.3, -0.25) is 4.99 Å². The number of alkyl halides is 1. The van der Waals surface area contributed by atoms with Crippen LogP contribution in [0.1, 0.15) is 13.3 Å². The highest BCUT2D eigenvalue weighted by atomic mass is 35.5. The van der Waals surface area contributed by atoms with Gasteiger partial charge in [-0.1, -0.05) is 6.58 Å². The molecule has 0 aliphatic rings. The van der Waals surface area contributed by atoms with Crippen LogP contribution in [0.15, 0.2) is 64.9 Å². The molecule has 0 rings (SSSR count). The lowest BCUT2D eigenvalue weighted by Crippen LogP contribution is -2.29. The van der Waals surface area contributed by atoms with Gasteiger partial charge in [0.05, 0.1) is 0 Å². The van der Waals surface area contributed by atoms with Gasteiger partial charge in [-0.15, -0.1) is 11.6 Å². The molecule has 0 aromatic rings. The minimum Gasteiger partial charge on any atom is -0.404 e. The van der Waals surface area contributed by atoms with E-state index >= 15 is 0 Å². The monoisotopic (exact) mass is 372 g/mol. The predicted octanol–water partition coefficient (Wildman–Crippen LogP) is 1.58. The van der Waals surface area contributed by atoms with Crippen molar-refractivity contribution in [1.82, 2.24) is 5.32 Å². The van der Waals surface area contributed by atoms with Gasteiger partial charge in [0.15, 0.2) is 0 Å². The van der Waals surface area contributed by atoms with E-state index in [4.69, 9.17) is 28.2 Å². The van der Waals surface area contributed by atoms with Crippen LogP contribution in [0.3, 0.4) is 0 Å². The Morgan fingerprint density at radius 1 is 1.44 bits per heavy atom. The fourth-order valence-electron chi connectivity index (χ4n) is 1.70. The number of nitrogens with zero attached hydrogens (tertiary/aromatic N) is 1. The van der Waals surface area contributed by atoms with Gasteiger partial charge < -0.3 is 27.0 Å². The molecule has 7 N–H and O–H groups in total. The van der Waals surface area contributed by atoms with Crippen molar-refractivity contribution in [3.8, 4) is 0 Å². The first-order valence-electron chi connectivity index (χ1n) is 7.67. The summed E-state index contributed by atoms with van der Waals surface area (Å²) in [7, 11) is 0. The van der Waals surface area contributed by atoms with E-state index < -0.39 is 17.4 Å². The summed E-state index contributed by atoms with van der Waals surface area (Å²) in [6.45, 7) is 5.48. The first-order chi connectivity index (χ1) is 11.9. The van der Waals surface area contributed by atoms with Crippen LogP contribution >= 0.6 is 11.6 Å². The molecule has 0 fully saturated rings. The molecule has 2 unspecified atom stereocenters. The van der Waals surface area contributed by atoms with Gasteiger partial charge in [-0.2, -0.15) is 0 Å². The maximum absolute atomic E-state index is 13.2. The molecule has 0 bridgehead atoms. The number of rotatable bonds is 11. The molecular formula is C17H26ClFN4O2. The molecule has 2 atom stereocenters. The first kappa shape index (κ1) is 23.1. The minimum absolute atomic E-state index is 0.185. The summed E-state index contributed by atoms with van der Waals surface area (Å²) in [4.78, 5) is 4.03. The third-order valence-corrected chi connectivity index (χ3v) is 3.02. The van der Waals surface area contributed by atoms with Gasteiger partial charge >= 0.3 is 0 Å². The van der Waals surface area contributed by atoms with Gasteiger partial charge in [0, 0.05) is 49.0 Å². The van der Waals surface area contributed by atoms with Crippen molar-refractivity contribution in [2.75, 3.05) is 13.2 Å². The number of nitrogens with one attached hydrogen (secondary N) is 1. The third-order valence-electron chi connectivity index (χ3n) is 2.89. The van der Waals surface area contributed by atoms with E-state index in [2.05, 4.69) is 16.9 Å². The van der Waals surface area contributed by atoms with Crippen molar-refractivity contribution < 1.29 is 14.6 Å². The molecule has 0 radical (unpaired) electrons. The zero-order valence-corrected chi connectivity index (χ0v) is 15.0. The van der Waals surface area contributed by atoms with Gasteiger partial charge in [-0.25, -0.2) is 4.39 Å². The number of aliphatic imine (C=N–C) groups is 1. The Balaban J connectivity index is 5.64. The van der Waals surface area contributed by atoms with E-state index in [1.807, 2.05) is 6.92 Å². The highest BCUT2D eigenvalue weighted by molar-refractivity contribution is 6.21. The zero-order valence-electron chi connectivity index (χ0n) is 14.2. The lowest BCUT2D eigenvalue weighted by Gasteiger charge is -2.20. The van der Waals surface area contributed by atoms with E-state index in [0.29, 0.717) is 17.8 Å². The number of hydrogen-bond acceptors (Lipinski definition) is 6. The molecule has 8 heteroatoms. The van der Waals surface area contributed by atoms with Crippen LogP contribution in [0.5, 0.6) is 0 Å². The fourth-order valence-corrected chi connectivity index (χ4v) is 1.83. The van der Waals surface area contributed by atoms with Crippen molar-refractivity contribution in [1.29, 1.82) is 0 Å². The molecule has 0 aliphatic carbocycles. The van der Waals surface area contributed by atoms with Crippen LogP contribution in [0.2, 0.25) is 0 Å². The van der Waals surface area contributed by atoms with Gasteiger partial charge in [0.2, 0.25) is 0 Å². The predicted molar refractivity (Wildman–Crippen MR) is 102 cm³/mol. The fraction of sp³-hybridized carbons (Fsp3) is 0.353. The molecule has 140 valence electrons. The largest absolute Gasteiger partial charge is 0.404 e.